The average molecular weight is 566 g/mol. The summed E-state index contributed by atoms with van der Waals surface area (Å²) >= 11 is 0. The second-order valence-corrected chi connectivity index (χ2v) is 13.2. The highest BCUT2D eigenvalue weighted by Gasteiger charge is 2.17. The Balaban J connectivity index is 4.20. The first-order valence-corrected chi connectivity index (χ1v) is 17.3. The van der Waals surface area contributed by atoms with Gasteiger partial charge >= 0.3 is 0 Å². The molecule has 230 valence electrons. The van der Waals surface area contributed by atoms with Crippen molar-refractivity contribution in [3.63, 3.8) is 0 Å². The molecule has 0 spiro atoms. The van der Waals surface area contributed by atoms with Crippen LogP contribution in [0.5, 0.6) is 0 Å². The van der Waals surface area contributed by atoms with Crippen molar-refractivity contribution in [1.29, 1.82) is 0 Å². The van der Waals surface area contributed by atoms with E-state index in [4.69, 9.17) is 18.5 Å². The van der Waals surface area contributed by atoms with Crippen molar-refractivity contribution in [2.24, 2.45) is 0 Å². The van der Waals surface area contributed by atoms with E-state index in [1.165, 1.54) is 96.3 Å². The van der Waals surface area contributed by atoms with Gasteiger partial charge in [-0.3, -0.25) is 4.57 Å². The summed E-state index contributed by atoms with van der Waals surface area (Å²) in [6, 6.07) is 0. The SMILES string of the molecule is CCCCCCCCCCCCO[C@H](COCCCCCCCCCC)COP(=O)([O-])OCC[N+](C)(C)C. The molecule has 38 heavy (non-hydrogen) atoms. The maximum absolute atomic E-state index is 12.2. The number of rotatable bonds is 30. The largest absolute Gasteiger partial charge is 0.756 e. The van der Waals surface area contributed by atoms with Gasteiger partial charge in [0.1, 0.15) is 19.3 Å². The van der Waals surface area contributed by atoms with Crippen molar-refractivity contribution in [2.45, 2.75) is 136 Å². The molecule has 7 nitrogen and oxygen atoms in total. The Morgan fingerprint density at radius 2 is 1.05 bits per heavy atom. The zero-order chi connectivity index (χ0) is 28.4. The van der Waals surface area contributed by atoms with Gasteiger partial charge in [0.2, 0.25) is 0 Å². The number of unbranched alkanes of at least 4 members (excludes halogenated alkanes) is 16. The molecule has 8 heteroatoms. The Morgan fingerprint density at radius 1 is 0.605 bits per heavy atom. The number of phosphoric ester groups is 1. The summed E-state index contributed by atoms with van der Waals surface area (Å²) in [4.78, 5) is 12.2. The standard InChI is InChI=1S/C30H64NO6P/c1-6-8-10-12-14-16-17-19-21-23-26-35-30(28-34-25-22-20-18-15-13-11-9-7-2)29-37-38(32,33)36-27-24-31(3,4)5/h30H,6-29H2,1-5H3/t30-/m1/s1. The summed E-state index contributed by atoms with van der Waals surface area (Å²) < 4.78 is 34.9. The smallest absolute Gasteiger partial charge is 0.268 e. The van der Waals surface area contributed by atoms with Crippen LogP contribution in [0.15, 0.2) is 0 Å². The van der Waals surface area contributed by atoms with E-state index in [2.05, 4.69) is 13.8 Å². The molecule has 0 N–H and O–H groups in total. The van der Waals surface area contributed by atoms with Gasteiger partial charge in [-0.25, -0.2) is 0 Å². The summed E-state index contributed by atoms with van der Waals surface area (Å²) in [6.07, 6.45) is 22.3. The number of phosphoric acid groups is 1. The van der Waals surface area contributed by atoms with Crippen LogP contribution in [0.1, 0.15) is 129 Å². The van der Waals surface area contributed by atoms with Gasteiger partial charge in [0.15, 0.2) is 0 Å². The molecule has 0 aliphatic heterocycles. The maximum atomic E-state index is 12.2. The van der Waals surface area contributed by atoms with Gasteiger partial charge in [-0.05, 0) is 12.8 Å². The molecule has 0 heterocycles. The third kappa shape index (κ3) is 29.0. The highest BCUT2D eigenvalue weighted by atomic mass is 31.2. The first-order valence-electron chi connectivity index (χ1n) is 15.8. The molecule has 0 amide bonds. The van der Waals surface area contributed by atoms with Crippen molar-refractivity contribution in [1.82, 2.24) is 0 Å². The van der Waals surface area contributed by atoms with Crippen LogP contribution < -0.4 is 4.89 Å². The lowest BCUT2D eigenvalue weighted by Gasteiger charge is -2.28. The van der Waals surface area contributed by atoms with Crippen molar-refractivity contribution in [3.8, 4) is 0 Å². The van der Waals surface area contributed by atoms with E-state index in [-0.39, 0.29) is 13.2 Å². The van der Waals surface area contributed by atoms with E-state index in [9.17, 15) is 9.46 Å². The van der Waals surface area contributed by atoms with Crippen molar-refractivity contribution in [2.75, 3.05) is 60.7 Å². The fourth-order valence-electron chi connectivity index (χ4n) is 4.17. The summed E-state index contributed by atoms with van der Waals surface area (Å²) in [5, 5.41) is 0. The summed E-state index contributed by atoms with van der Waals surface area (Å²) in [7, 11) is 1.60. The molecule has 0 aromatic rings. The first-order chi connectivity index (χ1) is 18.2. The minimum atomic E-state index is -4.36. The summed E-state index contributed by atoms with van der Waals surface area (Å²) in [6.45, 7) is 6.71. The molecule has 0 bridgehead atoms. The molecule has 0 saturated carbocycles. The molecule has 0 fully saturated rings. The van der Waals surface area contributed by atoms with Gasteiger partial charge in [-0.2, -0.15) is 0 Å². The van der Waals surface area contributed by atoms with E-state index in [1.807, 2.05) is 21.1 Å². The highest BCUT2D eigenvalue weighted by Crippen LogP contribution is 2.38. The molecule has 0 aromatic heterocycles. The Bertz CT molecular complexity index is 543. The minimum absolute atomic E-state index is 0.0691. The molecule has 0 aliphatic carbocycles. The molecule has 0 saturated heterocycles. The fourth-order valence-corrected chi connectivity index (χ4v) is 4.90. The zero-order valence-corrected chi connectivity index (χ0v) is 26.8. The maximum Gasteiger partial charge on any atom is 0.268 e. The Kier molecular flexibility index (Phi) is 25.9. The van der Waals surface area contributed by atoms with Crippen LogP contribution in [0.3, 0.4) is 0 Å². The molecular weight excluding hydrogens is 501 g/mol. The van der Waals surface area contributed by atoms with Crippen LogP contribution in [0.2, 0.25) is 0 Å². The van der Waals surface area contributed by atoms with Crippen LogP contribution in [0.4, 0.5) is 0 Å². The minimum Gasteiger partial charge on any atom is -0.756 e. The molecule has 0 rings (SSSR count). The summed E-state index contributed by atoms with van der Waals surface area (Å²) in [5.41, 5.74) is 0. The Morgan fingerprint density at radius 3 is 1.53 bits per heavy atom. The monoisotopic (exact) mass is 565 g/mol. The third-order valence-electron chi connectivity index (χ3n) is 6.73. The lowest BCUT2D eigenvalue weighted by atomic mass is 10.1. The lowest BCUT2D eigenvalue weighted by molar-refractivity contribution is -0.870. The van der Waals surface area contributed by atoms with Crippen LogP contribution in [0, 0.1) is 0 Å². The predicted molar refractivity (Wildman–Crippen MR) is 157 cm³/mol. The first kappa shape index (κ1) is 38.0. The molecule has 0 aliphatic rings. The zero-order valence-electron chi connectivity index (χ0n) is 25.9. The second kappa shape index (κ2) is 25.9. The van der Waals surface area contributed by atoms with E-state index in [1.54, 1.807) is 0 Å². The Hall–Kier alpha value is -0.0100. The highest BCUT2D eigenvalue weighted by molar-refractivity contribution is 7.45. The fraction of sp³-hybridized carbons (Fsp3) is 1.00. The average Bonchev–Trinajstić information content (AvgIpc) is 2.85. The quantitative estimate of drug-likeness (QED) is 0.0506. The number of hydrogen-bond acceptors (Lipinski definition) is 6. The van der Waals surface area contributed by atoms with Gasteiger partial charge in [-0.1, -0.05) is 117 Å². The molecule has 0 radical (unpaired) electrons. The van der Waals surface area contributed by atoms with Crippen LogP contribution in [0.25, 0.3) is 0 Å². The van der Waals surface area contributed by atoms with Gasteiger partial charge in [0.05, 0.1) is 34.4 Å². The normalized spacial score (nSPS) is 14.6. The number of likely N-dealkylation sites (N-methyl/N-ethyl adjacent to an activating group) is 1. The van der Waals surface area contributed by atoms with Crippen molar-refractivity contribution in [3.05, 3.63) is 0 Å². The molecular formula is C30H64NO6P. The van der Waals surface area contributed by atoms with E-state index in [0.717, 1.165) is 19.3 Å². The van der Waals surface area contributed by atoms with Crippen LogP contribution >= 0.6 is 7.82 Å². The van der Waals surface area contributed by atoms with Gasteiger partial charge in [0.25, 0.3) is 7.82 Å². The topological polar surface area (TPSA) is 77.1 Å². The van der Waals surface area contributed by atoms with Crippen LogP contribution in [-0.2, 0) is 23.1 Å². The number of hydrogen-bond donors (Lipinski definition) is 0. The number of nitrogens with zero attached hydrogens (tertiary/aromatic N) is 1. The number of quaternary nitrogens is 1. The summed E-state index contributed by atoms with van der Waals surface area (Å²) in [5.74, 6) is 0. The van der Waals surface area contributed by atoms with Gasteiger partial charge in [0, 0.05) is 13.2 Å². The number of ether oxygens (including phenoxy) is 2. The lowest BCUT2D eigenvalue weighted by Crippen LogP contribution is -2.37. The van der Waals surface area contributed by atoms with Crippen molar-refractivity contribution < 1.29 is 32.5 Å². The Labute approximate surface area is 236 Å². The molecule has 1 unspecified atom stereocenters. The third-order valence-corrected chi connectivity index (χ3v) is 7.69. The molecule has 2 atom stereocenters. The van der Waals surface area contributed by atoms with Gasteiger partial charge in [-0.15, -0.1) is 0 Å². The van der Waals surface area contributed by atoms with E-state index >= 15 is 0 Å². The van der Waals surface area contributed by atoms with Gasteiger partial charge < -0.3 is 27.9 Å². The van der Waals surface area contributed by atoms with E-state index < -0.39 is 13.9 Å². The predicted octanol–water partition coefficient (Wildman–Crippen LogP) is 7.66. The van der Waals surface area contributed by atoms with Crippen molar-refractivity contribution >= 4 is 7.82 Å². The molecule has 0 aromatic carbocycles. The van der Waals surface area contributed by atoms with E-state index in [0.29, 0.717) is 30.8 Å². The van der Waals surface area contributed by atoms with Crippen LogP contribution in [-0.4, -0.2) is 71.3 Å². The second-order valence-electron chi connectivity index (χ2n) is 11.8.